The monoisotopic (exact) mass is 716 g/mol. The maximum absolute atomic E-state index is 11.7. The Bertz CT molecular complexity index is 656. The predicted octanol–water partition coefficient (Wildman–Crippen LogP) is 14.9. The molecule has 0 aromatic carbocycles. The molecule has 0 amide bonds. The molecule has 286 valence electrons. The lowest BCUT2D eigenvalue weighted by Crippen LogP contribution is -2.45. The van der Waals surface area contributed by atoms with Gasteiger partial charge in [0.2, 0.25) is 0 Å². The lowest BCUT2D eigenvalue weighted by Gasteiger charge is -2.40. The van der Waals surface area contributed by atoms with Crippen molar-refractivity contribution in [2.24, 2.45) is 5.92 Å². The van der Waals surface area contributed by atoms with Crippen LogP contribution in [0, 0.1) is 5.92 Å². The lowest BCUT2D eigenvalue weighted by molar-refractivity contribution is -0.137. The molecular weight excluding hydrogens is 633 g/mol. The first kappa shape index (κ1) is 47.8. The fraction of sp³-hybridized carbons (Fsp3) is 0.930. The Morgan fingerprint density at radius 1 is 0.562 bits per heavy atom. The molecule has 5 heteroatoms. The molecule has 0 bridgehead atoms. The Morgan fingerprint density at radius 3 is 1.35 bits per heavy atom. The van der Waals surface area contributed by atoms with E-state index >= 15 is 0 Å². The number of hydrogen-bond donors (Lipinski definition) is 1. The minimum atomic E-state index is -0.659. The van der Waals surface area contributed by atoms with Gasteiger partial charge in [0.25, 0.3) is 0 Å². The number of carboxylic acids is 1. The number of carboxylic acid groups (broad SMARTS) is 1. The zero-order valence-corrected chi connectivity index (χ0v) is 34.0. The molecule has 0 saturated carbocycles. The molecule has 0 aliphatic rings. The van der Waals surface area contributed by atoms with Gasteiger partial charge in [0.15, 0.2) is 0 Å². The van der Waals surface area contributed by atoms with Crippen molar-refractivity contribution >= 4 is 29.2 Å². The first-order chi connectivity index (χ1) is 23.5. The number of carbonyl (C=O) groups is 1. The van der Waals surface area contributed by atoms with Gasteiger partial charge >= 0.3 is 5.97 Å². The summed E-state index contributed by atoms with van der Waals surface area (Å²) in [6, 6.07) is 1.19. The molecule has 0 rings (SSSR count). The van der Waals surface area contributed by atoms with E-state index in [0.29, 0.717) is 18.0 Å². The van der Waals surface area contributed by atoms with Gasteiger partial charge < -0.3 is 5.11 Å². The second-order valence-electron chi connectivity index (χ2n) is 14.8. The molecule has 0 fully saturated rings. The summed E-state index contributed by atoms with van der Waals surface area (Å²) < 4.78 is 0. The van der Waals surface area contributed by atoms with Crippen LogP contribution in [0.15, 0.2) is 12.2 Å². The number of rotatable bonds is 39. The SMILES string of the molecule is CCCCCCCC/C=C/C(CCC(=O)O)CN(C(CC)CCCCCCCCCCCCl)C(CC)CCCCCCCCCCCCl. The fourth-order valence-corrected chi connectivity index (χ4v) is 7.77. The average Bonchev–Trinajstić information content (AvgIpc) is 3.08. The molecule has 0 saturated heterocycles. The molecule has 1 N–H and O–H groups in total. The van der Waals surface area contributed by atoms with Crippen molar-refractivity contribution in [1.29, 1.82) is 0 Å². The fourth-order valence-electron chi connectivity index (χ4n) is 7.39. The van der Waals surface area contributed by atoms with E-state index in [1.807, 2.05) is 0 Å². The third-order valence-corrected chi connectivity index (χ3v) is 11.1. The Labute approximate surface area is 311 Å². The summed E-state index contributed by atoms with van der Waals surface area (Å²) in [4.78, 5) is 14.5. The van der Waals surface area contributed by atoms with E-state index in [1.165, 1.54) is 167 Å². The topological polar surface area (TPSA) is 40.5 Å². The highest BCUT2D eigenvalue weighted by atomic mass is 35.5. The number of hydrogen-bond acceptors (Lipinski definition) is 2. The van der Waals surface area contributed by atoms with E-state index in [4.69, 9.17) is 23.2 Å². The number of alkyl halides is 2. The number of allylic oxidation sites excluding steroid dienone is 1. The molecular formula is C43H83Cl2NO2. The van der Waals surface area contributed by atoms with Gasteiger partial charge in [-0.2, -0.15) is 0 Å². The van der Waals surface area contributed by atoms with Gasteiger partial charge in [-0.25, -0.2) is 0 Å². The van der Waals surface area contributed by atoms with Crippen molar-refractivity contribution in [3.05, 3.63) is 12.2 Å². The molecule has 0 aliphatic carbocycles. The quantitative estimate of drug-likeness (QED) is 0.0391. The Hall–Kier alpha value is -0.250. The van der Waals surface area contributed by atoms with Crippen LogP contribution in [0.1, 0.15) is 220 Å². The van der Waals surface area contributed by atoms with Crippen LogP contribution in [0.25, 0.3) is 0 Å². The molecule has 0 spiro atoms. The first-order valence-corrected chi connectivity index (χ1v) is 22.4. The Kier molecular flexibility index (Phi) is 37.8. The highest BCUT2D eigenvalue weighted by Gasteiger charge is 2.26. The number of halogens is 2. The summed E-state index contributed by atoms with van der Waals surface area (Å²) in [6.07, 6.45) is 43.6. The van der Waals surface area contributed by atoms with Gasteiger partial charge in [0.1, 0.15) is 0 Å². The van der Waals surface area contributed by atoms with Crippen molar-refractivity contribution in [2.75, 3.05) is 18.3 Å². The Morgan fingerprint density at radius 2 is 0.958 bits per heavy atom. The van der Waals surface area contributed by atoms with E-state index in [-0.39, 0.29) is 6.42 Å². The van der Waals surface area contributed by atoms with Crippen LogP contribution in [0.2, 0.25) is 0 Å². The van der Waals surface area contributed by atoms with Crippen LogP contribution < -0.4 is 0 Å². The average molecular weight is 717 g/mol. The summed E-state index contributed by atoms with van der Waals surface area (Å²) in [5, 5.41) is 9.59. The van der Waals surface area contributed by atoms with Crippen LogP contribution in [-0.2, 0) is 4.79 Å². The van der Waals surface area contributed by atoms with Crippen LogP contribution >= 0.6 is 23.2 Å². The normalized spacial score (nSPS) is 13.9. The van der Waals surface area contributed by atoms with Gasteiger partial charge in [-0.1, -0.05) is 168 Å². The minimum Gasteiger partial charge on any atom is -0.481 e. The van der Waals surface area contributed by atoms with Gasteiger partial charge in [0.05, 0.1) is 0 Å². The molecule has 0 aromatic rings. The smallest absolute Gasteiger partial charge is 0.303 e. The van der Waals surface area contributed by atoms with Crippen molar-refractivity contribution in [3.8, 4) is 0 Å². The van der Waals surface area contributed by atoms with Crippen LogP contribution in [0.3, 0.4) is 0 Å². The summed E-state index contributed by atoms with van der Waals surface area (Å²) in [5.41, 5.74) is 0. The van der Waals surface area contributed by atoms with Gasteiger partial charge in [-0.15, -0.1) is 23.2 Å². The summed E-state index contributed by atoms with van der Waals surface area (Å²) in [7, 11) is 0. The number of unbranched alkanes of at least 4 members (excludes halogenated alkanes) is 22. The zero-order valence-electron chi connectivity index (χ0n) is 32.5. The van der Waals surface area contributed by atoms with Crippen molar-refractivity contribution in [3.63, 3.8) is 0 Å². The van der Waals surface area contributed by atoms with Gasteiger partial charge in [0, 0.05) is 36.8 Å². The number of nitrogens with zero attached hydrogens (tertiary/aromatic N) is 1. The van der Waals surface area contributed by atoms with Gasteiger partial charge in [-0.3, -0.25) is 9.69 Å². The van der Waals surface area contributed by atoms with Crippen LogP contribution in [-0.4, -0.2) is 46.4 Å². The maximum Gasteiger partial charge on any atom is 0.303 e. The van der Waals surface area contributed by atoms with Crippen molar-refractivity contribution < 1.29 is 9.90 Å². The van der Waals surface area contributed by atoms with E-state index in [9.17, 15) is 9.90 Å². The predicted molar refractivity (Wildman–Crippen MR) is 216 cm³/mol. The maximum atomic E-state index is 11.7. The molecule has 0 aliphatic heterocycles. The van der Waals surface area contributed by atoms with Crippen molar-refractivity contribution in [1.82, 2.24) is 4.90 Å². The molecule has 3 unspecified atom stereocenters. The van der Waals surface area contributed by atoms with E-state index in [1.54, 1.807) is 0 Å². The lowest BCUT2D eigenvalue weighted by atomic mass is 9.93. The highest BCUT2D eigenvalue weighted by molar-refractivity contribution is 6.18. The van der Waals surface area contributed by atoms with E-state index in [2.05, 4.69) is 37.8 Å². The molecule has 48 heavy (non-hydrogen) atoms. The zero-order chi connectivity index (χ0) is 35.3. The Balaban J connectivity index is 5.22. The van der Waals surface area contributed by atoms with E-state index in [0.717, 1.165) is 44.0 Å². The molecule has 3 nitrogen and oxygen atoms in total. The third kappa shape index (κ3) is 30.6. The third-order valence-electron chi connectivity index (χ3n) is 10.5. The largest absolute Gasteiger partial charge is 0.481 e. The van der Waals surface area contributed by atoms with Crippen LogP contribution in [0.5, 0.6) is 0 Å². The minimum absolute atomic E-state index is 0.269. The second-order valence-corrected chi connectivity index (χ2v) is 15.6. The summed E-state index contributed by atoms with van der Waals surface area (Å²) >= 11 is 11.7. The highest BCUT2D eigenvalue weighted by Crippen LogP contribution is 2.26. The summed E-state index contributed by atoms with van der Waals surface area (Å²) in [5.74, 6) is 1.27. The molecule has 3 atom stereocenters. The molecule has 0 radical (unpaired) electrons. The second kappa shape index (κ2) is 38.0. The summed E-state index contributed by atoms with van der Waals surface area (Å²) in [6.45, 7) is 8.07. The van der Waals surface area contributed by atoms with Gasteiger partial charge in [-0.05, 0) is 63.7 Å². The standard InChI is InChI=1S/C43H83Cl2NO2/c1-4-7-8-9-10-17-22-27-32-40(35-36-43(47)48)39-46(41(5-2)33-28-23-18-13-11-15-20-25-30-37-44)42(6-3)34-29-24-19-14-12-16-21-26-31-38-45/h27,32,40-42H,4-26,28-31,33-39H2,1-3H3,(H,47,48)/b32-27+. The van der Waals surface area contributed by atoms with Crippen LogP contribution in [0.4, 0.5) is 0 Å². The van der Waals surface area contributed by atoms with Crippen molar-refractivity contribution in [2.45, 2.75) is 232 Å². The molecule has 0 heterocycles. The first-order valence-electron chi connectivity index (χ1n) is 21.3. The number of aliphatic carboxylic acids is 1. The van der Waals surface area contributed by atoms with E-state index < -0.39 is 5.97 Å². The molecule has 0 aromatic heterocycles.